The average Bonchev–Trinajstić information content (AvgIpc) is 2.34. The first-order chi connectivity index (χ1) is 5.27. The van der Waals surface area contributed by atoms with Gasteiger partial charge in [0.05, 0.1) is 12.3 Å². The van der Waals surface area contributed by atoms with Crippen LogP contribution in [0, 0.1) is 19.9 Å². The molecule has 2 aromatic rings. The van der Waals surface area contributed by atoms with E-state index < -0.39 is 0 Å². The van der Waals surface area contributed by atoms with E-state index in [9.17, 15) is 0 Å². The molecule has 0 spiro atoms. The van der Waals surface area contributed by atoms with Crippen LogP contribution in [0.1, 0.15) is 11.4 Å². The van der Waals surface area contributed by atoms with Gasteiger partial charge in [0.2, 0.25) is 0 Å². The number of rotatable bonds is 0. The van der Waals surface area contributed by atoms with Crippen molar-refractivity contribution in [2.75, 3.05) is 0 Å². The summed E-state index contributed by atoms with van der Waals surface area (Å²) in [7, 11) is 0. The zero-order valence-corrected chi connectivity index (χ0v) is 6.50. The monoisotopic (exact) mass is 146 g/mol. The van der Waals surface area contributed by atoms with Gasteiger partial charge in [-0.15, -0.1) is 0 Å². The smallest absolute Gasteiger partial charge is 0.163 e. The fraction of sp³-hybridized carbons (Fsp3) is 0.250. The number of fused-ring (bicyclic) bond motifs is 1. The molecule has 0 bridgehead atoms. The summed E-state index contributed by atoms with van der Waals surface area (Å²) in [6.45, 7) is 3.97. The second-order valence-electron chi connectivity index (χ2n) is 2.56. The Kier molecular flexibility index (Phi) is 1.18. The van der Waals surface area contributed by atoms with E-state index in [4.69, 9.17) is 0 Å². The summed E-state index contributed by atoms with van der Waals surface area (Å²) in [5.41, 5.74) is 2.89. The summed E-state index contributed by atoms with van der Waals surface area (Å²) in [6, 6.07) is 4.94. The van der Waals surface area contributed by atoms with E-state index in [0.717, 1.165) is 17.0 Å². The standard InChI is InChI=1S/C8H8N3/c1-6-5-7(2)11-8(10-6)3-4-9-11/h4-5H,1-2H3. The number of hydrogen-bond acceptors (Lipinski definition) is 2. The molecular weight excluding hydrogens is 138 g/mol. The molecular formula is C8H8N3. The number of hydrogen-bond donors (Lipinski definition) is 0. The van der Waals surface area contributed by atoms with Gasteiger partial charge in [0.15, 0.2) is 5.65 Å². The Bertz CT molecular complexity index is 389. The van der Waals surface area contributed by atoms with Crippen LogP contribution in [0.15, 0.2) is 12.3 Å². The van der Waals surface area contributed by atoms with Gasteiger partial charge < -0.3 is 0 Å². The molecule has 0 saturated carbocycles. The average molecular weight is 146 g/mol. The van der Waals surface area contributed by atoms with Crippen molar-refractivity contribution in [3.63, 3.8) is 0 Å². The second-order valence-corrected chi connectivity index (χ2v) is 2.56. The van der Waals surface area contributed by atoms with Crippen molar-refractivity contribution in [1.82, 2.24) is 14.6 Å². The van der Waals surface area contributed by atoms with Crippen molar-refractivity contribution in [3.8, 4) is 0 Å². The van der Waals surface area contributed by atoms with E-state index in [-0.39, 0.29) is 0 Å². The number of aryl methyl sites for hydroxylation is 2. The quantitative estimate of drug-likeness (QED) is 0.558. The Morgan fingerprint density at radius 2 is 2.27 bits per heavy atom. The molecule has 0 atom stereocenters. The maximum Gasteiger partial charge on any atom is 0.163 e. The van der Waals surface area contributed by atoms with Crippen molar-refractivity contribution in [2.45, 2.75) is 13.8 Å². The first-order valence-corrected chi connectivity index (χ1v) is 3.47. The first kappa shape index (κ1) is 6.34. The van der Waals surface area contributed by atoms with E-state index in [1.807, 2.05) is 19.9 Å². The maximum atomic E-state index is 4.24. The van der Waals surface area contributed by atoms with Gasteiger partial charge in [0.1, 0.15) is 0 Å². The number of nitrogens with zero attached hydrogens (tertiary/aromatic N) is 3. The van der Waals surface area contributed by atoms with Crippen LogP contribution in [0.5, 0.6) is 0 Å². The highest BCUT2D eigenvalue weighted by molar-refractivity contribution is 5.36. The highest BCUT2D eigenvalue weighted by Crippen LogP contribution is 2.03. The predicted molar refractivity (Wildman–Crippen MR) is 41.3 cm³/mol. The van der Waals surface area contributed by atoms with Crippen LogP contribution in [0.25, 0.3) is 5.65 Å². The molecule has 2 rings (SSSR count). The van der Waals surface area contributed by atoms with E-state index in [1.54, 1.807) is 10.7 Å². The minimum absolute atomic E-state index is 0.794. The van der Waals surface area contributed by atoms with Crippen molar-refractivity contribution in [3.05, 3.63) is 29.7 Å². The first-order valence-electron chi connectivity index (χ1n) is 3.47. The SMILES string of the molecule is Cc1cc(C)n2nc[c]c2n1. The summed E-state index contributed by atoms with van der Waals surface area (Å²) in [5, 5.41) is 4.06. The van der Waals surface area contributed by atoms with Gasteiger partial charge in [-0.1, -0.05) is 0 Å². The third-order valence-corrected chi connectivity index (χ3v) is 1.60. The van der Waals surface area contributed by atoms with Gasteiger partial charge in [-0.2, -0.15) is 5.10 Å². The molecule has 2 aromatic heterocycles. The molecule has 11 heavy (non-hydrogen) atoms. The molecule has 1 radical (unpaired) electrons. The Morgan fingerprint density at radius 3 is 3.09 bits per heavy atom. The van der Waals surface area contributed by atoms with Crippen LogP contribution in [0.2, 0.25) is 0 Å². The second kappa shape index (κ2) is 2.05. The molecule has 0 aliphatic heterocycles. The third-order valence-electron chi connectivity index (χ3n) is 1.60. The molecule has 0 saturated heterocycles. The van der Waals surface area contributed by atoms with Crippen molar-refractivity contribution >= 4 is 5.65 Å². The van der Waals surface area contributed by atoms with Gasteiger partial charge in [0, 0.05) is 11.4 Å². The molecule has 0 N–H and O–H groups in total. The lowest BCUT2D eigenvalue weighted by atomic mass is 10.3. The molecule has 55 valence electrons. The van der Waals surface area contributed by atoms with Crippen LogP contribution < -0.4 is 0 Å². The molecule has 0 aromatic carbocycles. The molecule has 2 heterocycles. The normalized spacial score (nSPS) is 10.7. The van der Waals surface area contributed by atoms with Gasteiger partial charge in [0.25, 0.3) is 0 Å². The Balaban J connectivity index is 2.91. The van der Waals surface area contributed by atoms with Crippen molar-refractivity contribution < 1.29 is 0 Å². The molecule has 0 aliphatic carbocycles. The van der Waals surface area contributed by atoms with Gasteiger partial charge >= 0.3 is 0 Å². The molecule has 3 nitrogen and oxygen atoms in total. The van der Waals surface area contributed by atoms with Gasteiger partial charge in [-0.3, -0.25) is 0 Å². The van der Waals surface area contributed by atoms with E-state index in [0.29, 0.717) is 0 Å². The number of aromatic nitrogens is 3. The molecule has 3 heteroatoms. The van der Waals surface area contributed by atoms with Crippen LogP contribution in [0.4, 0.5) is 0 Å². The largest absolute Gasteiger partial charge is 0.233 e. The van der Waals surface area contributed by atoms with E-state index in [2.05, 4.69) is 16.1 Å². The third kappa shape index (κ3) is 0.888. The van der Waals surface area contributed by atoms with Crippen molar-refractivity contribution in [2.24, 2.45) is 0 Å². The fourth-order valence-corrected chi connectivity index (χ4v) is 1.16. The summed E-state index contributed by atoms with van der Waals surface area (Å²) < 4.78 is 1.77. The Hall–Kier alpha value is -1.38. The van der Waals surface area contributed by atoms with Crippen LogP contribution in [-0.4, -0.2) is 14.6 Å². The lowest BCUT2D eigenvalue weighted by Gasteiger charge is -1.98. The summed E-state index contributed by atoms with van der Waals surface area (Å²) in [6.07, 6.45) is 1.63. The minimum Gasteiger partial charge on any atom is -0.233 e. The highest BCUT2D eigenvalue weighted by atomic mass is 15.2. The lowest BCUT2D eigenvalue weighted by molar-refractivity contribution is 0.886. The Morgan fingerprint density at radius 1 is 1.45 bits per heavy atom. The highest BCUT2D eigenvalue weighted by Gasteiger charge is 1.98. The molecule has 0 amide bonds. The van der Waals surface area contributed by atoms with Gasteiger partial charge in [-0.25, -0.2) is 9.50 Å². The molecule has 0 aliphatic rings. The lowest BCUT2D eigenvalue weighted by Crippen LogP contribution is -1.96. The molecule has 0 fully saturated rings. The van der Waals surface area contributed by atoms with Crippen LogP contribution >= 0.6 is 0 Å². The fourth-order valence-electron chi connectivity index (χ4n) is 1.16. The zero-order valence-electron chi connectivity index (χ0n) is 6.50. The minimum atomic E-state index is 0.794. The summed E-state index contributed by atoms with van der Waals surface area (Å²) >= 11 is 0. The maximum absolute atomic E-state index is 4.24. The summed E-state index contributed by atoms with van der Waals surface area (Å²) in [4.78, 5) is 4.24. The predicted octanol–water partition coefficient (Wildman–Crippen LogP) is 1.15. The topological polar surface area (TPSA) is 30.2 Å². The van der Waals surface area contributed by atoms with Gasteiger partial charge in [-0.05, 0) is 19.9 Å². The summed E-state index contributed by atoms with van der Waals surface area (Å²) in [5.74, 6) is 0. The van der Waals surface area contributed by atoms with Crippen LogP contribution in [-0.2, 0) is 0 Å². The van der Waals surface area contributed by atoms with E-state index >= 15 is 0 Å². The zero-order chi connectivity index (χ0) is 7.84. The molecule has 0 unspecified atom stereocenters. The van der Waals surface area contributed by atoms with E-state index in [1.165, 1.54) is 0 Å². The Labute approximate surface area is 64.7 Å². The van der Waals surface area contributed by atoms with Crippen molar-refractivity contribution in [1.29, 1.82) is 0 Å². The van der Waals surface area contributed by atoms with Crippen LogP contribution in [0.3, 0.4) is 0 Å².